The highest BCUT2D eigenvalue weighted by Gasteiger charge is 2.06. The molecule has 0 bridgehead atoms. The number of rotatable bonds is 7. The molecule has 27 heavy (non-hydrogen) atoms. The molecule has 0 radical (unpaired) electrons. The predicted octanol–water partition coefficient (Wildman–Crippen LogP) is 3.33. The first kappa shape index (κ1) is 20.4. The molecule has 0 heterocycles. The largest absolute Gasteiger partial charge is 0.356 e. The standard InChI is InChI=1S/C21H27FN4O/c1-15(2)20(27)26-19-10-6-17(7-11-19)14-25-21(23-3)24-13-12-16-4-8-18(22)9-5-16/h4-11,15H,12-14H2,1-3H3,(H,26,27)(H2,23,24,25). The van der Waals surface area contributed by atoms with Crippen molar-refractivity contribution in [1.29, 1.82) is 0 Å². The van der Waals surface area contributed by atoms with Gasteiger partial charge in [-0.1, -0.05) is 38.1 Å². The third kappa shape index (κ3) is 7.09. The van der Waals surface area contributed by atoms with E-state index in [0.717, 1.165) is 23.2 Å². The van der Waals surface area contributed by atoms with Gasteiger partial charge in [-0.05, 0) is 41.8 Å². The summed E-state index contributed by atoms with van der Waals surface area (Å²) in [5.74, 6) is 0.440. The van der Waals surface area contributed by atoms with Crippen LogP contribution in [-0.4, -0.2) is 25.5 Å². The number of carbonyl (C=O) groups is 1. The number of anilines is 1. The molecule has 0 atom stereocenters. The Kier molecular flexibility index (Phi) is 7.79. The topological polar surface area (TPSA) is 65.5 Å². The smallest absolute Gasteiger partial charge is 0.226 e. The van der Waals surface area contributed by atoms with E-state index in [9.17, 15) is 9.18 Å². The van der Waals surface area contributed by atoms with Crippen molar-refractivity contribution in [3.63, 3.8) is 0 Å². The van der Waals surface area contributed by atoms with E-state index in [1.807, 2.05) is 38.1 Å². The van der Waals surface area contributed by atoms with Crippen molar-refractivity contribution in [3.8, 4) is 0 Å². The average Bonchev–Trinajstić information content (AvgIpc) is 2.67. The van der Waals surface area contributed by atoms with E-state index in [1.54, 1.807) is 19.2 Å². The Labute approximate surface area is 160 Å². The van der Waals surface area contributed by atoms with Crippen LogP contribution in [0.2, 0.25) is 0 Å². The Bertz CT molecular complexity index is 755. The van der Waals surface area contributed by atoms with Gasteiger partial charge in [0.2, 0.25) is 5.91 Å². The minimum atomic E-state index is -0.223. The van der Waals surface area contributed by atoms with Crippen LogP contribution in [0, 0.1) is 11.7 Å². The second-order valence-corrected chi connectivity index (χ2v) is 6.57. The number of nitrogens with zero attached hydrogens (tertiary/aromatic N) is 1. The van der Waals surface area contributed by atoms with Crippen molar-refractivity contribution in [2.75, 3.05) is 18.9 Å². The van der Waals surface area contributed by atoms with Gasteiger partial charge in [0.25, 0.3) is 0 Å². The fourth-order valence-corrected chi connectivity index (χ4v) is 2.38. The van der Waals surface area contributed by atoms with E-state index in [-0.39, 0.29) is 17.6 Å². The second kappa shape index (κ2) is 10.3. The normalized spacial score (nSPS) is 11.4. The lowest BCUT2D eigenvalue weighted by Crippen LogP contribution is -2.37. The van der Waals surface area contributed by atoms with Gasteiger partial charge >= 0.3 is 0 Å². The van der Waals surface area contributed by atoms with Crippen molar-refractivity contribution in [2.24, 2.45) is 10.9 Å². The van der Waals surface area contributed by atoms with E-state index in [0.29, 0.717) is 19.0 Å². The van der Waals surface area contributed by atoms with Gasteiger partial charge in [-0.15, -0.1) is 0 Å². The molecule has 2 rings (SSSR count). The molecule has 0 aromatic heterocycles. The Hall–Kier alpha value is -2.89. The molecule has 2 aromatic carbocycles. The lowest BCUT2D eigenvalue weighted by Gasteiger charge is -2.13. The van der Waals surface area contributed by atoms with Gasteiger partial charge in [0.1, 0.15) is 5.82 Å². The van der Waals surface area contributed by atoms with Gasteiger partial charge in [-0.2, -0.15) is 0 Å². The summed E-state index contributed by atoms with van der Waals surface area (Å²) in [6.45, 7) is 5.05. The summed E-state index contributed by atoms with van der Waals surface area (Å²) in [4.78, 5) is 15.9. The lowest BCUT2D eigenvalue weighted by atomic mass is 10.1. The number of hydrogen-bond acceptors (Lipinski definition) is 2. The fourth-order valence-electron chi connectivity index (χ4n) is 2.38. The molecule has 0 fully saturated rings. The van der Waals surface area contributed by atoms with Crippen molar-refractivity contribution in [2.45, 2.75) is 26.8 Å². The van der Waals surface area contributed by atoms with E-state index < -0.39 is 0 Å². The number of hydrogen-bond donors (Lipinski definition) is 3. The number of amides is 1. The zero-order valence-corrected chi connectivity index (χ0v) is 16.1. The van der Waals surface area contributed by atoms with Crippen molar-refractivity contribution >= 4 is 17.6 Å². The minimum absolute atomic E-state index is 0.00614. The maximum atomic E-state index is 12.9. The molecule has 0 aliphatic rings. The number of carbonyl (C=O) groups excluding carboxylic acids is 1. The molecule has 0 unspecified atom stereocenters. The summed E-state index contributed by atoms with van der Waals surface area (Å²) >= 11 is 0. The predicted molar refractivity (Wildman–Crippen MR) is 108 cm³/mol. The van der Waals surface area contributed by atoms with Gasteiger partial charge < -0.3 is 16.0 Å². The molecule has 6 heteroatoms. The molecule has 3 N–H and O–H groups in total. The van der Waals surface area contributed by atoms with Crippen LogP contribution in [-0.2, 0) is 17.8 Å². The monoisotopic (exact) mass is 370 g/mol. The highest BCUT2D eigenvalue weighted by molar-refractivity contribution is 5.92. The summed E-state index contributed by atoms with van der Waals surface area (Å²) < 4.78 is 12.9. The molecule has 0 saturated heterocycles. The third-order valence-corrected chi connectivity index (χ3v) is 4.05. The van der Waals surface area contributed by atoms with Crippen LogP contribution in [0.15, 0.2) is 53.5 Å². The SMILES string of the molecule is CN=C(NCCc1ccc(F)cc1)NCc1ccc(NC(=O)C(C)C)cc1. The van der Waals surface area contributed by atoms with Crippen LogP contribution in [0.4, 0.5) is 10.1 Å². The summed E-state index contributed by atoms with van der Waals surface area (Å²) in [6.07, 6.45) is 0.783. The van der Waals surface area contributed by atoms with Crippen LogP contribution in [0.5, 0.6) is 0 Å². The first-order valence-corrected chi connectivity index (χ1v) is 9.06. The molecule has 0 aliphatic carbocycles. The van der Waals surface area contributed by atoms with Gasteiger partial charge in [0.15, 0.2) is 5.96 Å². The third-order valence-electron chi connectivity index (χ3n) is 4.05. The molecule has 0 spiro atoms. The number of guanidine groups is 1. The van der Waals surface area contributed by atoms with Crippen LogP contribution < -0.4 is 16.0 Å². The zero-order chi connectivity index (χ0) is 19.6. The van der Waals surface area contributed by atoms with Crippen LogP contribution >= 0.6 is 0 Å². The first-order valence-electron chi connectivity index (χ1n) is 9.06. The Balaban J connectivity index is 1.76. The summed E-state index contributed by atoms with van der Waals surface area (Å²) in [5.41, 5.74) is 2.94. The zero-order valence-electron chi connectivity index (χ0n) is 16.1. The molecular weight excluding hydrogens is 343 g/mol. The molecule has 0 saturated carbocycles. The van der Waals surface area contributed by atoms with E-state index in [2.05, 4.69) is 20.9 Å². The molecule has 2 aromatic rings. The lowest BCUT2D eigenvalue weighted by molar-refractivity contribution is -0.118. The summed E-state index contributed by atoms with van der Waals surface area (Å²) in [7, 11) is 1.72. The minimum Gasteiger partial charge on any atom is -0.356 e. The van der Waals surface area contributed by atoms with Gasteiger partial charge in [0, 0.05) is 31.7 Å². The molecule has 144 valence electrons. The van der Waals surface area contributed by atoms with Crippen molar-refractivity contribution in [3.05, 3.63) is 65.5 Å². The number of halogens is 1. The van der Waals surface area contributed by atoms with Gasteiger partial charge in [-0.3, -0.25) is 9.79 Å². The van der Waals surface area contributed by atoms with Crippen LogP contribution in [0.25, 0.3) is 0 Å². The Morgan fingerprint density at radius 1 is 1.00 bits per heavy atom. The molecule has 5 nitrogen and oxygen atoms in total. The van der Waals surface area contributed by atoms with Crippen molar-refractivity contribution in [1.82, 2.24) is 10.6 Å². The second-order valence-electron chi connectivity index (χ2n) is 6.57. The summed E-state index contributed by atoms with van der Waals surface area (Å²) in [6, 6.07) is 14.2. The molecular formula is C21H27FN4O. The number of benzene rings is 2. The maximum Gasteiger partial charge on any atom is 0.226 e. The summed E-state index contributed by atoms with van der Waals surface area (Å²) in [5, 5.41) is 9.36. The fraction of sp³-hybridized carbons (Fsp3) is 0.333. The molecule has 0 aliphatic heterocycles. The maximum absolute atomic E-state index is 12.9. The highest BCUT2D eigenvalue weighted by atomic mass is 19.1. The van der Waals surface area contributed by atoms with Crippen LogP contribution in [0.3, 0.4) is 0 Å². The highest BCUT2D eigenvalue weighted by Crippen LogP contribution is 2.11. The van der Waals surface area contributed by atoms with Crippen molar-refractivity contribution < 1.29 is 9.18 Å². The quantitative estimate of drug-likeness (QED) is 0.517. The first-order chi connectivity index (χ1) is 13.0. The van der Waals surface area contributed by atoms with Crippen LogP contribution in [0.1, 0.15) is 25.0 Å². The Morgan fingerprint density at radius 3 is 2.22 bits per heavy atom. The van der Waals surface area contributed by atoms with E-state index in [4.69, 9.17) is 0 Å². The van der Waals surface area contributed by atoms with E-state index >= 15 is 0 Å². The van der Waals surface area contributed by atoms with Gasteiger partial charge in [-0.25, -0.2) is 4.39 Å². The van der Waals surface area contributed by atoms with E-state index in [1.165, 1.54) is 12.1 Å². The Morgan fingerprint density at radius 2 is 1.63 bits per heavy atom. The molecule has 1 amide bonds. The number of nitrogens with one attached hydrogen (secondary N) is 3. The van der Waals surface area contributed by atoms with Gasteiger partial charge in [0.05, 0.1) is 0 Å². The number of aliphatic imine (C=N–C) groups is 1. The average molecular weight is 370 g/mol.